The number of rotatable bonds is 5. The van der Waals surface area contributed by atoms with E-state index in [-0.39, 0.29) is 0 Å². The molecule has 108 valence electrons. The van der Waals surface area contributed by atoms with E-state index in [0.29, 0.717) is 6.04 Å². The zero-order valence-corrected chi connectivity index (χ0v) is 12.4. The first-order chi connectivity index (χ1) is 10.3. The molecule has 1 unspecified atom stereocenters. The van der Waals surface area contributed by atoms with Crippen molar-refractivity contribution in [3.05, 3.63) is 84.4 Å². The standard InChI is InChI=1S/C19H22N2/c1-2-19-15-20(13-17-9-5-3-6-10-17)16-21(19)14-18-11-7-4-8-12-18/h2-12,19H,1,13-16H2. The molecule has 1 saturated heterocycles. The Bertz CT molecular complexity index is 565. The van der Waals surface area contributed by atoms with Crippen molar-refractivity contribution in [2.24, 2.45) is 0 Å². The van der Waals surface area contributed by atoms with E-state index in [1.807, 2.05) is 0 Å². The molecule has 0 aliphatic carbocycles. The third-order valence-corrected chi connectivity index (χ3v) is 4.05. The largest absolute Gasteiger partial charge is 0.284 e. The molecule has 3 rings (SSSR count). The molecule has 0 radical (unpaired) electrons. The van der Waals surface area contributed by atoms with Crippen molar-refractivity contribution in [1.29, 1.82) is 0 Å². The van der Waals surface area contributed by atoms with Crippen LogP contribution < -0.4 is 0 Å². The summed E-state index contributed by atoms with van der Waals surface area (Å²) in [6.45, 7) is 8.07. The molecule has 0 spiro atoms. The fourth-order valence-electron chi connectivity index (χ4n) is 2.96. The second kappa shape index (κ2) is 6.70. The van der Waals surface area contributed by atoms with Crippen molar-refractivity contribution >= 4 is 0 Å². The van der Waals surface area contributed by atoms with Crippen molar-refractivity contribution in [3.63, 3.8) is 0 Å². The van der Waals surface area contributed by atoms with E-state index in [1.165, 1.54) is 11.1 Å². The maximum Gasteiger partial charge on any atom is 0.0519 e. The second-order valence-electron chi connectivity index (χ2n) is 5.67. The summed E-state index contributed by atoms with van der Waals surface area (Å²) in [6.07, 6.45) is 2.08. The van der Waals surface area contributed by atoms with Crippen LogP contribution in [-0.4, -0.2) is 29.1 Å². The zero-order chi connectivity index (χ0) is 14.5. The van der Waals surface area contributed by atoms with Crippen LogP contribution in [0.4, 0.5) is 0 Å². The summed E-state index contributed by atoms with van der Waals surface area (Å²) in [4.78, 5) is 4.98. The van der Waals surface area contributed by atoms with E-state index in [4.69, 9.17) is 0 Å². The average molecular weight is 278 g/mol. The number of hydrogen-bond acceptors (Lipinski definition) is 2. The van der Waals surface area contributed by atoms with E-state index in [0.717, 1.165) is 26.3 Å². The van der Waals surface area contributed by atoms with Crippen LogP contribution in [0.2, 0.25) is 0 Å². The highest BCUT2D eigenvalue weighted by molar-refractivity contribution is 5.17. The van der Waals surface area contributed by atoms with Gasteiger partial charge in [-0.05, 0) is 11.1 Å². The minimum absolute atomic E-state index is 0.439. The number of hydrogen-bond donors (Lipinski definition) is 0. The predicted molar refractivity (Wildman–Crippen MR) is 87.7 cm³/mol. The summed E-state index contributed by atoms with van der Waals surface area (Å²) < 4.78 is 0. The molecule has 0 saturated carbocycles. The van der Waals surface area contributed by atoms with Gasteiger partial charge in [0, 0.05) is 25.7 Å². The SMILES string of the molecule is C=CC1CN(Cc2ccccc2)CN1Cc1ccccc1. The van der Waals surface area contributed by atoms with E-state index >= 15 is 0 Å². The minimum atomic E-state index is 0.439. The zero-order valence-electron chi connectivity index (χ0n) is 12.4. The van der Waals surface area contributed by atoms with Crippen LogP contribution in [-0.2, 0) is 13.1 Å². The van der Waals surface area contributed by atoms with Crippen molar-refractivity contribution in [3.8, 4) is 0 Å². The molecule has 1 heterocycles. The van der Waals surface area contributed by atoms with Gasteiger partial charge in [-0.3, -0.25) is 9.80 Å². The molecule has 2 aromatic carbocycles. The monoisotopic (exact) mass is 278 g/mol. The number of benzene rings is 2. The predicted octanol–water partition coefficient (Wildman–Crippen LogP) is 3.52. The van der Waals surface area contributed by atoms with Gasteiger partial charge in [-0.25, -0.2) is 0 Å². The van der Waals surface area contributed by atoms with Gasteiger partial charge in [-0.15, -0.1) is 6.58 Å². The van der Waals surface area contributed by atoms with Crippen molar-refractivity contribution in [2.45, 2.75) is 19.1 Å². The average Bonchev–Trinajstić information content (AvgIpc) is 2.91. The lowest BCUT2D eigenvalue weighted by Gasteiger charge is -2.21. The fourth-order valence-corrected chi connectivity index (χ4v) is 2.96. The first-order valence-corrected chi connectivity index (χ1v) is 7.52. The summed E-state index contributed by atoms with van der Waals surface area (Å²) in [6, 6.07) is 21.8. The van der Waals surface area contributed by atoms with Crippen LogP contribution in [0.3, 0.4) is 0 Å². The Morgan fingerprint density at radius 2 is 1.48 bits per heavy atom. The Kier molecular flexibility index (Phi) is 4.49. The normalized spacial score (nSPS) is 19.7. The second-order valence-corrected chi connectivity index (χ2v) is 5.67. The molecule has 0 amide bonds. The highest BCUT2D eigenvalue weighted by Gasteiger charge is 2.27. The molecule has 0 bridgehead atoms. The number of nitrogens with zero attached hydrogens (tertiary/aromatic N) is 2. The highest BCUT2D eigenvalue weighted by atomic mass is 15.4. The summed E-state index contributed by atoms with van der Waals surface area (Å²) in [5.41, 5.74) is 2.74. The van der Waals surface area contributed by atoms with Gasteiger partial charge < -0.3 is 0 Å². The molecule has 1 aliphatic heterocycles. The molecule has 1 aliphatic rings. The molecule has 1 atom stereocenters. The van der Waals surface area contributed by atoms with Crippen LogP contribution in [0, 0.1) is 0 Å². The Labute approximate surface area is 127 Å². The van der Waals surface area contributed by atoms with Crippen LogP contribution >= 0.6 is 0 Å². The van der Waals surface area contributed by atoms with E-state index in [1.54, 1.807) is 0 Å². The molecule has 0 aromatic heterocycles. The summed E-state index contributed by atoms with van der Waals surface area (Å²) in [5.74, 6) is 0. The Balaban J connectivity index is 1.64. The van der Waals surface area contributed by atoms with Crippen LogP contribution in [0.25, 0.3) is 0 Å². The van der Waals surface area contributed by atoms with Crippen LogP contribution in [0.15, 0.2) is 73.3 Å². The molecule has 21 heavy (non-hydrogen) atoms. The third kappa shape index (κ3) is 3.60. The maximum absolute atomic E-state index is 4.01. The molecule has 2 nitrogen and oxygen atoms in total. The first kappa shape index (κ1) is 14.1. The van der Waals surface area contributed by atoms with E-state index < -0.39 is 0 Å². The summed E-state index contributed by atoms with van der Waals surface area (Å²) in [7, 11) is 0. The Hall–Kier alpha value is -1.90. The lowest BCUT2D eigenvalue weighted by Crippen LogP contribution is -2.28. The molecule has 1 fully saturated rings. The van der Waals surface area contributed by atoms with Gasteiger partial charge in [0.1, 0.15) is 0 Å². The topological polar surface area (TPSA) is 6.48 Å². The Morgan fingerprint density at radius 1 is 0.905 bits per heavy atom. The quantitative estimate of drug-likeness (QED) is 0.772. The lowest BCUT2D eigenvalue weighted by atomic mass is 10.2. The van der Waals surface area contributed by atoms with Gasteiger partial charge >= 0.3 is 0 Å². The van der Waals surface area contributed by atoms with E-state index in [9.17, 15) is 0 Å². The van der Waals surface area contributed by atoms with Crippen molar-refractivity contribution < 1.29 is 0 Å². The van der Waals surface area contributed by atoms with E-state index in [2.05, 4.69) is 83.1 Å². The van der Waals surface area contributed by atoms with Gasteiger partial charge in [0.25, 0.3) is 0 Å². The van der Waals surface area contributed by atoms with Crippen molar-refractivity contribution in [1.82, 2.24) is 9.80 Å². The molecule has 2 aromatic rings. The van der Waals surface area contributed by atoms with Gasteiger partial charge in [-0.1, -0.05) is 66.7 Å². The molecular formula is C19H22N2. The Morgan fingerprint density at radius 3 is 2.05 bits per heavy atom. The fraction of sp³-hybridized carbons (Fsp3) is 0.263. The van der Waals surface area contributed by atoms with Crippen LogP contribution in [0.1, 0.15) is 11.1 Å². The van der Waals surface area contributed by atoms with Gasteiger partial charge in [0.2, 0.25) is 0 Å². The minimum Gasteiger partial charge on any atom is -0.284 e. The van der Waals surface area contributed by atoms with Gasteiger partial charge in [0.05, 0.1) is 6.67 Å². The lowest BCUT2D eigenvalue weighted by molar-refractivity contribution is 0.223. The van der Waals surface area contributed by atoms with Gasteiger partial charge in [-0.2, -0.15) is 0 Å². The first-order valence-electron chi connectivity index (χ1n) is 7.52. The molecular weight excluding hydrogens is 256 g/mol. The highest BCUT2D eigenvalue weighted by Crippen LogP contribution is 2.19. The molecule has 2 heteroatoms. The van der Waals surface area contributed by atoms with Crippen LogP contribution in [0.5, 0.6) is 0 Å². The smallest absolute Gasteiger partial charge is 0.0519 e. The summed E-state index contributed by atoms with van der Waals surface area (Å²) >= 11 is 0. The van der Waals surface area contributed by atoms with Crippen molar-refractivity contribution in [2.75, 3.05) is 13.2 Å². The maximum atomic E-state index is 4.01. The third-order valence-electron chi connectivity index (χ3n) is 4.05. The molecule has 0 N–H and O–H groups in total. The summed E-state index contributed by atoms with van der Waals surface area (Å²) in [5, 5.41) is 0. The van der Waals surface area contributed by atoms with Gasteiger partial charge in [0.15, 0.2) is 0 Å².